The quantitative estimate of drug-likeness (QED) is 0.523. The monoisotopic (exact) mass is 413 g/mol. The standard InChI is InChI=1S/C23H27NO6/c1-23(2,3)30-15-19(24-22(27)29-14-16-9-6-5-7-10-16)20(25)17-11-8-12-18(13-17)21(26)28-4/h5-13,19H,14-15H2,1-4H3,(H,24,27). The lowest BCUT2D eigenvalue weighted by Gasteiger charge is -2.24. The molecule has 1 atom stereocenters. The van der Waals surface area contributed by atoms with Crippen LogP contribution in [-0.2, 0) is 20.8 Å². The Bertz CT molecular complexity index is 873. The number of benzene rings is 2. The molecule has 0 saturated carbocycles. The van der Waals surface area contributed by atoms with Gasteiger partial charge in [0.2, 0.25) is 0 Å². The number of hydrogen-bond acceptors (Lipinski definition) is 6. The lowest BCUT2D eigenvalue weighted by Crippen LogP contribution is -2.45. The first-order valence-electron chi connectivity index (χ1n) is 9.53. The highest BCUT2D eigenvalue weighted by Crippen LogP contribution is 2.13. The van der Waals surface area contributed by atoms with Crippen LogP contribution in [0.4, 0.5) is 4.79 Å². The molecular weight excluding hydrogens is 386 g/mol. The van der Waals surface area contributed by atoms with E-state index < -0.39 is 29.5 Å². The van der Waals surface area contributed by atoms with E-state index in [1.165, 1.54) is 13.2 Å². The number of esters is 1. The van der Waals surface area contributed by atoms with Gasteiger partial charge >= 0.3 is 12.1 Å². The third-order valence-corrected chi connectivity index (χ3v) is 4.07. The fourth-order valence-corrected chi connectivity index (χ4v) is 2.54. The molecule has 7 heteroatoms. The number of nitrogens with one attached hydrogen (secondary N) is 1. The van der Waals surface area contributed by atoms with Crippen molar-refractivity contribution in [2.45, 2.75) is 39.0 Å². The fourth-order valence-electron chi connectivity index (χ4n) is 2.54. The topological polar surface area (TPSA) is 90.9 Å². The van der Waals surface area contributed by atoms with Crippen molar-refractivity contribution in [3.05, 3.63) is 71.3 Å². The molecule has 0 radical (unpaired) electrons. The summed E-state index contributed by atoms with van der Waals surface area (Å²) in [6, 6.07) is 14.3. The Hall–Kier alpha value is -3.19. The van der Waals surface area contributed by atoms with Crippen LogP contribution in [0.15, 0.2) is 54.6 Å². The molecule has 0 heterocycles. The molecule has 7 nitrogen and oxygen atoms in total. The van der Waals surface area contributed by atoms with Crippen LogP contribution in [0.5, 0.6) is 0 Å². The molecular formula is C23H27NO6. The van der Waals surface area contributed by atoms with Crippen molar-refractivity contribution in [3.8, 4) is 0 Å². The van der Waals surface area contributed by atoms with Gasteiger partial charge in [0, 0.05) is 5.56 Å². The number of carbonyl (C=O) groups is 3. The van der Waals surface area contributed by atoms with Gasteiger partial charge < -0.3 is 19.5 Å². The molecule has 0 aliphatic rings. The van der Waals surface area contributed by atoms with E-state index in [-0.39, 0.29) is 24.3 Å². The first-order valence-corrected chi connectivity index (χ1v) is 9.53. The zero-order chi connectivity index (χ0) is 22.1. The number of carbonyl (C=O) groups excluding carboxylic acids is 3. The van der Waals surface area contributed by atoms with Crippen molar-refractivity contribution in [2.24, 2.45) is 0 Å². The number of methoxy groups -OCH3 is 1. The molecule has 0 aliphatic carbocycles. The molecule has 1 unspecified atom stereocenters. The van der Waals surface area contributed by atoms with Gasteiger partial charge in [-0.05, 0) is 38.5 Å². The SMILES string of the molecule is COC(=O)c1cccc(C(=O)C(COC(C)(C)C)NC(=O)OCc2ccccc2)c1. The largest absolute Gasteiger partial charge is 0.465 e. The first-order chi connectivity index (χ1) is 14.2. The molecule has 2 rings (SSSR count). The number of ketones is 1. The van der Waals surface area contributed by atoms with Crippen LogP contribution in [0.25, 0.3) is 0 Å². The molecule has 2 aromatic rings. The molecule has 0 bridgehead atoms. The van der Waals surface area contributed by atoms with Gasteiger partial charge in [0.25, 0.3) is 0 Å². The maximum Gasteiger partial charge on any atom is 0.408 e. The molecule has 0 aromatic heterocycles. The van der Waals surface area contributed by atoms with Gasteiger partial charge in [-0.15, -0.1) is 0 Å². The molecule has 30 heavy (non-hydrogen) atoms. The van der Waals surface area contributed by atoms with Crippen LogP contribution < -0.4 is 5.32 Å². The predicted molar refractivity (Wildman–Crippen MR) is 111 cm³/mol. The van der Waals surface area contributed by atoms with Gasteiger partial charge in [-0.3, -0.25) is 4.79 Å². The molecule has 0 aliphatic heterocycles. The van der Waals surface area contributed by atoms with Crippen LogP contribution in [0.1, 0.15) is 47.1 Å². The van der Waals surface area contributed by atoms with E-state index in [0.29, 0.717) is 0 Å². The summed E-state index contributed by atoms with van der Waals surface area (Å²) < 4.78 is 15.6. The number of hydrogen-bond donors (Lipinski definition) is 1. The average molecular weight is 413 g/mol. The van der Waals surface area contributed by atoms with Crippen LogP contribution in [0.2, 0.25) is 0 Å². The molecule has 1 amide bonds. The summed E-state index contributed by atoms with van der Waals surface area (Å²) in [5.74, 6) is -0.955. The highest BCUT2D eigenvalue weighted by Gasteiger charge is 2.26. The van der Waals surface area contributed by atoms with Crippen molar-refractivity contribution in [2.75, 3.05) is 13.7 Å². The lowest BCUT2D eigenvalue weighted by molar-refractivity contribution is -0.0120. The molecule has 1 N–H and O–H groups in total. The molecule has 160 valence electrons. The average Bonchev–Trinajstić information content (AvgIpc) is 2.74. The third-order valence-electron chi connectivity index (χ3n) is 4.07. The summed E-state index contributed by atoms with van der Waals surface area (Å²) in [4.78, 5) is 37.1. The zero-order valence-electron chi connectivity index (χ0n) is 17.6. The summed E-state index contributed by atoms with van der Waals surface area (Å²) in [6.45, 7) is 5.57. The van der Waals surface area contributed by atoms with Gasteiger partial charge in [0.1, 0.15) is 12.6 Å². The smallest absolute Gasteiger partial charge is 0.408 e. The van der Waals surface area contributed by atoms with E-state index in [0.717, 1.165) is 5.56 Å². The van der Waals surface area contributed by atoms with E-state index in [1.807, 2.05) is 51.1 Å². The maximum atomic E-state index is 13.0. The summed E-state index contributed by atoms with van der Waals surface area (Å²) in [5, 5.41) is 2.57. The number of Topliss-reactive ketones (excluding diaryl/α,β-unsaturated/α-hetero) is 1. The van der Waals surface area contributed by atoms with Crippen LogP contribution in [0, 0.1) is 0 Å². The minimum atomic E-state index is -0.986. The van der Waals surface area contributed by atoms with E-state index in [1.54, 1.807) is 18.2 Å². The van der Waals surface area contributed by atoms with Crippen molar-refractivity contribution in [1.29, 1.82) is 0 Å². The zero-order valence-corrected chi connectivity index (χ0v) is 17.6. The second-order valence-corrected chi connectivity index (χ2v) is 7.62. The van der Waals surface area contributed by atoms with E-state index in [9.17, 15) is 14.4 Å². The Kier molecular flexibility index (Phi) is 8.12. The van der Waals surface area contributed by atoms with Gasteiger partial charge in [0.05, 0.1) is 24.9 Å². The highest BCUT2D eigenvalue weighted by molar-refractivity contribution is 6.03. The summed E-state index contributed by atoms with van der Waals surface area (Å²) in [5.41, 5.74) is 0.809. The third kappa shape index (κ3) is 7.33. The number of ether oxygens (including phenoxy) is 3. The lowest BCUT2D eigenvalue weighted by atomic mass is 10.0. The summed E-state index contributed by atoms with van der Waals surface area (Å²) >= 11 is 0. The normalized spacial score (nSPS) is 12.0. The van der Waals surface area contributed by atoms with E-state index in [4.69, 9.17) is 14.2 Å². The molecule has 2 aromatic carbocycles. The molecule has 0 fully saturated rings. The van der Waals surface area contributed by atoms with Crippen LogP contribution in [-0.4, -0.2) is 43.2 Å². The van der Waals surface area contributed by atoms with E-state index >= 15 is 0 Å². The van der Waals surface area contributed by atoms with E-state index in [2.05, 4.69) is 5.32 Å². The number of amides is 1. The van der Waals surface area contributed by atoms with Crippen molar-refractivity contribution in [3.63, 3.8) is 0 Å². The second kappa shape index (κ2) is 10.5. The summed E-state index contributed by atoms with van der Waals surface area (Å²) in [6.07, 6.45) is -0.737. The Morgan fingerprint density at radius 3 is 2.27 bits per heavy atom. The maximum absolute atomic E-state index is 13.0. The summed E-state index contributed by atoms with van der Waals surface area (Å²) in [7, 11) is 1.26. The van der Waals surface area contributed by atoms with Crippen molar-refractivity contribution < 1.29 is 28.6 Å². The Labute approximate surface area is 176 Å². The van der Waals surface area contributed by atoms with Gasteiger partial charge in [-0.2, -0.15) is 0 Å². The Balaban J connectivity index is 2.12. The highest BCUT2D eigenvalue weighted by atomic mass is 16.5. The van der Waals surface area contributed by atoms with Crippen LogP contribution in [0.3, 0.4) is 0 Å². The van der Waals surface area contributed by atoms with Crippen molar-refractivity contribution >= 4 is 17.8 Å². The number of rotatable bonds is 8. The second-order valence-electron chi connectivity index (χ2n) is 7.62. The minimum Gasteiger partial charge on any atom is -0.465 e. The van der Waals surface area contributed by atoms with Gasteiger partial charge in [-0.1, -0.05) is 42.5 Å². The molecule has 0 saturated heterocycles. The van der Waals surface area contributed by atoms with Crippen LogP contribution >= 0.6 is 0 Å². The molecule has 0 spiro atoms. The first kappa shape index (κ1) is 23.1. The van der Waals surface area contributed by atoms with Gasteiger partial charge in [0.15, 0.2) is 5.78 Å². The van der Waals surface area contributed by atoms with Gasteiger partial charge in [-0.25, -0.2) is 9.59 Å². The minimum absolute atomic E-state index is 0.0504. The fraction of sp³-hybridized carbons (Fsp3) is 0.348. The Morgan fingerprint density at radius 1 is 0.967 bits per heavy atom. The predicted octanol–water partition coefficient (Wildman–Crippen LogP) is 3.77. The Morgan fingerprint density at radius 2 is 1.63 bits per heavy atom. The number of alkyl carbamates (subject to hydrolysis) is 1. The van der Waals surface area contributed by atoms with Crippen molar-refractivity contribution in [1.82, 2.24) is 5.32 Å².